The third-order valence-electron chi connectivity index (χ3n) is 2.75. The highest BCUT2D eigenvalue weighted by molar-refractivity contribution is 5.94. The Balaban J connectivity index is 2.48. The standard InChI is InChI=1S/C12H20N2O5/c1-8(2)6-9(11(16)18-3)13-7-10(15)14-4-5-19-12(14)17/h8-9,13H,4-7H2,1-3H3. The van der Waals surface area contributed by atoms with E-state index in [1.54, 1.807) is 0 Å². The number of rotatable bonds is 6. The summed E-state index contributed by atoms with van der Waals surface area (Å²) in [6.07, 6.45) is -0.0741. The van der Waals surface area contributed by atoms with Gasteiger partial charge in [0.2, 0.25) is 5.91 Å². The predicted molar refractivity (Wildman–Crippen MR) is 66.3 cm³/mol. The first-order valence-corrected chi connectivity index (χ1v) is 6.24. The number of carbonyl (C=O) groups excluding carboxylic acids is 3. The molecule has 1 fully saturated rings. The lowest BCUT2D eigenvalue weighted by atomic mass is 10.0. The number of nitrogens with one attached hydrogen (secondary N) is 1. The van der Waals surface area contributed by atoms with Crippen LogP contribution < -0.4 is 5.32 Å². The Hall–Kier alpha value is -1.63. The number of hydrogen-bond acceptors (Lipinski definition) is 6. The fourth-order valence-electron chi connectivity index (χ4n) is 1.80. The Kier molecular flexibility index (Phi) is 5.75. The number of amides is 2. The van der Waals surface area contributed by atoms with Gasteiger partial charge in [0.1, 0.15) is 12.6 Å². The van der Waals surface area contributed by atoms with Crippen LogP contribution in [0.5, 0.6) is 0 Å². The Morgan fingerprint density at radius 2 is 2.16 bits per heavy atom. The average Bonchev–Trinajstić information content (AvgIpc) is 2.79. The molecule has 1 aliphatic rings. The maximum absolute atomic E-state index is 11.8. The van der Waals surface area contributed by atoms with Gasteiger partial charge in [-0.25, -0.2) is 9.69 Å². The zero-order valence-corrected chi connectivity index (χ0v) is 11.5. The number of imide groups is 1. The van der Waals surface area contributed by atoms with Crippen molar-refractivity contribution in [1.29, 1.82) is 0 Å². The minimum Gasteiger partial charge on any atom is -0.468 e. The minimum absolute atomic E-state index is 0.0956. The highest BCUT2D eigenvalue weighted by Gasteiger charge is 2.29. The van der Waals surface area contributed by atoms with Gasteiger partial charge in [0.05, 0.1) is 20.2 Å². The van der Waals surface area contributed by atoms with Gasteiger partial charge in [-0.2, -0.15) is 0 Å². The van der Waals surface area contributed by atoms with Gasteiger partial charge in [0, 0.05) is 0 Å². The van der Waals surface area contributed by atoms with Crippen LogP contribution in [0.25, 0.3) is 0 Å². The molecule has 1 saturated heterocycles. The molecule has 108 valence electrons. The first-order valence-electron chi connectivity index (χ1n) is 6.24. The zero-order valence-electron chi connectivity index (χ0n) is 11.5. The van der Waals surface area contributed by atoms with Crippen LogP contribution in [-0.4, -0.2) is 55.7 Å². The van der Waals surface area contributed by atoms with Crippen LogP contribution in [-0.2, 0) is 19.1 Å². The van der Waals surface area contributed by atoms with Crippen LogP contribution in [0, 0.1) is 5.92 Å². The molecular formula is C12H20N2O5. The number of methoxy groups -OCH3 is 1. The van der Waals surface area contributed by atoms with Gasteiger partial charge in [0.25, 0.3) is 0 Å². The van der Waals surface area contributed by atoms with Gasteiger partial charge in [-0.1, -0.05) is 13.8 Å². The lowest BCUT2D eigenvalue weighted by molar-refractivity contribution is -0.143. The van der Waals surface area contributed by atoms with Crippen molar-refractivity contribution >= 4 is 18.0 Å². The van der Waals surface area contributed by atoms with Crippen molar-refractivity contribution < 1.29 is 23.9 Å². The monoisotopic (exact) mass is 272 g/mol. The maximum atomic E-state index is 11.8. The van der Waals surface area contributed by atoms with E-state index in [1.165, 1.54) is 7.11 Å². The lowest BCUT2D eigenvalue weighted by Gasteiger charge is -2.19. The molecule has 2 amide bonds. The summed E-state index contributed by atoms with van der Waals surface area (Å²) in [7, 11) is 1.30. The molecule has 1 unspecified atom stereocenters. The third kappa shape index (κ3) is 4.51. The normalized spacial score (nSPS) is 16.4. The van der Waals surface area contributed by atoms with E-state index in [4.69, 9.17) is 0 Å². The van der Waals surface area contributed by atoms with Crippen LogP contribution in [0.1, 0.15) is 20.3 Å². The van der Waals surface area contributed by atoms with Crippen molar-refractivity contribution in [1.82, 2.24) is 10.2 Å². The van der Waals surface area contributed by atoms with Crippen molar-refractivity contribution in [3.05, 3.63) is 0 Å². The van der Waals surface area contributed by atoms with Gasteiger partial charge in [-0.3, -0.25) is 14.9 Å². The van der Waals surface area contributed by atoms with Crippen LogP contribution in [0.2, 0.25) is 0 Å². The molecule has 0 bridgehead atoms. The second-order valence-corrected chi connectivity index (χ2v) is 4.75. The highest BCUT2D eigenvalue weighted by atomic mass is 16.6. The second kappa shape index (κ2) is 7.08. The summed E-state index contributed by atoms with van der Waals surface area (Å²) < 4.78 is 9.35. The molecule has 0 aromatic rings. The number of hydrogen-bond donors (Lipinski definition) is 1. The van der Waals surface area contributed by atoms with Crippen molar-refractivity contribution in [3.63, 3.8) is 0 Å². The molecule has 19 heavy (non-hydrogen) atoms. The average molecular weight is 272 g/mol. The van der Waals surface area contributed by atoms with E-state index < -0.39 is 24.0 Å². The molecule has 7 nitrogen and oxygen atoms in total. The summed E-state index contributed by atoms with van der Waals surface area (Å²) in [6, 6.07) is -0.549. The molecule has 1 atom stereocenters. The summed E-state index contributed by atoms with van der Waals surface area (Å²) in [5.41, 5.74) is 0. The Morgan fingerprint density at radius 3 is 2.63 bits per heavy atom. The van der Waals surface area contributed by atoms with E-state index >= 15 is 0 Å². The number of carbonyl (C=O) groups is 3. The summed E-state index contributed by atoms with van der Waals surface area (Å²) in [5.74, 6) is -0.533. The van der Waals surface area contributed by atoms with E-state index in [9.17, 15) is 14.4 Å². The molecule has 0 saturated carbocycles. The van der Waals surface area contributed by atoms with E-state index in [0.29, 0.717) is 6.42 Å². The van der Waals surface area contributed by atoms with E-state index in [2.05, 4.69) is 14.8 Å². The quantitative estimate of drug-likeness (QED) is 0.692. The molecule has 1 rings (SSSR count). The van der Waals surface area contributed by atoms with Crippen LogP contribution in [0.4, 0.5) is 4.79 Å². The molecule has 0 aliphatic carbocycles. The molecule has 1 heterocycles. The highest BCUT2D eigenvalue weighted by Crippen LogP contribution is 2.07. The number of cyclic esters (lactones) is 1. The number of ether oxygens (including phenoxy) is 2. The molecular weight excluding hydrogens is 252 g/mol. The van der Waals surface area contributed by atoms with Crippen molar-refractivity contribution in [2.45, 2.75) is 26.3 Å². The maximum Gasteiger partial charge on any atom is 0.416 e. The Labute approximate surface area is 112 Å². The molecule has 1 aliphatic heterocycles. The van der Waals surface area contributed by atoms with Crippen LogP contribution >= 0.6 is 0 Å². The Bertz CT molecular complexity index is 356. The largest absolute Gasteiger partial charge is 0.468 e. The van der Waals surface area contributed by atoms with Gasteiger partial charge in [0.15, 0.2) is 0 Å². The van der Waals surface area contributed by atoms with Crippen molar-refractivity contribution in [3.8, 4) is 0 Å². The fourth-order valence-corrected chi connectivity index (χ4v) is 1.80. The molecule has 0 aromatic carbocycles. The molecule has 0 spiro atoms. The summed E-state index contributed by atoms with van der Waals surface area (Å²) in [4.78, 5) is 35.5. The van der Waals surface area contributed by atoms with Gasteiger partial charge in [-0.15, -0.1) is 0 Å². The first-order chi connectivity index (χ1) is 8.95. The predicted octanol–water partition coefficient (Wildman–Crippen LogP) is 0.143. The van der Waals surface area contributed by atoms with Gasteiger partial charge in [-0.05, 0) is 12.3 Å². The third-order valence-corrected chi connectivity index (χ3v) is 2.75. The lowest BCUT2D eigenvalue weighted by Crippen LogP contribution is -2.45. The first kappa shape index (κ1) is 15.4. The SMILES string of the molecule is COC(=O)C(CC(C)C)NCC(=O)N1CCOC1=O. The summed E-state index contributed by atoms with van der Waals surface area (Å²) >= 11 is 0. The van der Waals surface area contributed by atoms with E-state index in [0.717, 1.165) is 4.90 Å². The van der Waals surface area contributed by atoms with Crippen molar-refractivity contribution in [2.24, 2.45) is 5.92 Å². The number of esters is 1. The van der Waals surface area contributed by atoms with E-state index in [-0.39, 0.29) is 25.6 Å². The van der Waals surface area contributed by atoms with Gasteiger partial charge >= 0.3 is 12.1 Å². The summed E-state index contributed by atoms with van der Waals surface area (Å²) in [6.45, 7) is 4.32. The molecule has 7 heteroatoms. The number of nitrogens with zero attached hydrogens (tertiary/aromatic N) is 1. The fraction of sp³-hybridized carbons (Fsp3) is 0.750. The van der Waals surface area contributed by atoms with Gasteiger partial charge < -0.3 is 9.47 Å². The topological polar surface area (TPSA) is 84.9 Å². The van der Waals surface area contributed by atoms with Crippen molar-refractivity contribution in [2.75, 3.05) is 26.8 Å². The van der Waals surface area contributed by atoms with E-state index in [1.807, 2.05) is 13.8 Å². The molecule has 1 N–H and O–H groups in total. The molecule has 0 radical (unpaired) electrons. The zero-order chi connectivity index (χ0) is 14.4. The van der Waals surface area contributed by atoms with Crippen LogP contribution in [0.15, 0.2) is 0 Å². The molecule has 0 aromatic heterocycles. The van der Waals surface area contributed by atoms with Crippen LogP contribution in [0.3, 0.4) is 0 Å². The minimum atomic E-state index is -0.634. The summed E-state index contributed by atoms with van der Waals surface area (Å²) in [5, 5.41) is 2.83. The Morgan fingerprint density at radius 1 is 1.47 bits per heavy atom. The smallest absolute Gasteiger partial charge is 0.416 e. The second-order valence-electron chi connectivity index (χ2n) is 4.75.